The molecule has 1 fully saturated rings. The molecule has 1 aliphatic carbocycles. The van der Waals surface area contributed by atoms with E-state index < -0.39 is 0 Å². The molecule has 0 N–H and O–H groups in total. The van der Waals surface area contributed by atoms with Crippen LogP contribution in [0.3, 0.4) is 0 Å². The first-order valence-electron chi connectivity index (χ1n) is 9.57. The minimum absolute atomic E-state index is 0.903. The lowest BCUT2D eigenvalue weighted by Crippen LogP contribution is -2.12. The van der Waals surface area contributed by atoms with Gasteiger partial charge in [-0.05, 0) is 17.8 Å². The van der Waals surface area contributed by atoms with Gasteiger partial charge in [0.2, 0.25) is 0 Å². The van der Waals surface area contributed by atoms with E-state index in [2.05, 4.69) is 34.6 Å². The predicted molar refractivity (Wildman–Crippen MR) is 98.5 cm³/mol. The lowest BCUT2D eigenvalue weighted by Gasteiger charge is -2.24. The number of hydrogen-bond donors (Lipinski definition) is 0. The van der Waals surface area contributed by atoms with E-state index in [0.717, 1.165) is 17.8 Å². The molecule has 0 spiro atoms. The summed E-state index contributed by atoms with van der Waals surface area (Å²) in [4.78, 5) is 0. The van der Waals surface area contributed by atoms with Gasteiger partial charge in [-0.3, -0.25) is 0 Å². The van der Waals surface area contributed by atoms with E-state index in [1.54, 1.807) is 0 Å². The summed E-state index contributed by atoms with van der Waals surface area (Å²) >= 11 is 0. The summed E-state index contributed by atoms with van der Waals surface area (Å²) in [5.41, 5.74) is 0. The minimum atomic E-state index is 0.903. The summed E-state index contributed by atoms with van der Waals surface area (Å²) in [7, 11) is 0. The Morgan fingerprint density at radius 3 is 1.45 bits per heavy atom. The zero-order chi connectivity index (χ0) is 16.4. The Labute approximate surface area is 132 Å². The molecule has 0 nitrogen and oxygen atoms in total. The van der Waals surface area contributed by atoms with Crippen molar-refractivity contribution < 1.29 is 0 Å². The summed E-state index contributed by atoms with van der Waals surface area (Å²) < 4.78 is 0. The lowest BCUT2D eigenvalue weighted by molar-refractivity contribution is 0.279. The first-order chi connectivity index (χ1) is 9.57. The summed E-state index contributed by atoms with van der Waals surface area (Å²) in [6, 6.07) is 0. The van der Waals surface area contributed by atoms with Crippen LogP contribution in [-0.2, 0) is 0 Å². The van der Waals surface area contributed by atoms with Crippen molar-refractivity contribution in [2.24, 2.45) is 17.8 Å². The fraction of sp³-hybridized carbons (Fsp3) is 1.00. The molecule has 126 valence electrons. The molecule has 1 rings (SSSR count). The van der Waals surface area contributed by atoms with E-state index >= 15 is 0 Å². The Morgan fingerprint density at radius 2 is 1.25 bits per heavy atom. The second-order valence-corrected chi connectivity index (χ2v) is 6.18. The predicted octanol–water partition coefficient (Wildman–Crippen LogP) is 8.11. The van der Waals surface area contributed by atoms with Crippen molar-refractivity contribution in [3.63, 3.8) is 0 Å². The van der Waals surface area contributed by atoms with Gasteiger partial charge in [0.15, 0.2) is 0 Å². The highest BCUT2D eigenvalue weighted by Crippen LogP contribution is 2.29. The summed E-state index contributed by atoms with van der Waals surface area (Å²) in [6.45, 7) is 19.5. The van der Waals surface area contributed by atoms with E-state index in [1.807, 2.05) is 27.7 Å². The lowest BCUT2D eigenvalue weighted by atomic mass is 9.82. The summed E-state index contributed by atoms with van der Waals surface area (Å²) in [5, 5.41) is 0. The quantitative estimate of drug-likeness (QED) is 0.489. The SMILES string of the molecule is CC.CC.CC(C)C1CCCCC1.CCCCC(C)C. The summed E-state index contributed by atoms with van der Waals surface area (Å²) in [6.07, 6.45) is 11.6. The van der Waals surface area contributed by atoms with Crippen LogP contribution < -0.4 is 0 Å². The molecule has 0 unspecified atom stereocenters. The average molecular weight is 287 g/mol. The van der Waals surface area contributed by atoms with Gasteiger partial charge in [0, 0.05) is 0 Å². The van der Waals surface area contributed by atoms with Crippen molar-refractivity contribution in [2.45, 2.75) is 114 Å². The van der Waals surface area contributed by atoms with Gasteiger partial charge in [-0.1, -0.05) is 114 Å². The van der Waals surface area contributed by atoms with Crippen LogP contribution >= 0.6 is 0 Å². The molecule has 20 heavy (non-hydrogen) atoms. The van der Waals surface area contributed by atoms with Crippen LogP contribution in [0.5, 0.6) is 0 Å². The molecule has 0 aromatic heterocycles. The van der Waals surface area contributed by atoms with Gasteiger partial charge in [-0.15, -0.1) is 0 Å². The van der Waals surface area contributed by atoms with E-state index in [9.17, 15) is 0 Å². The van der Waals surface area contributed by atoms with Gasteiger partial charge in [-0.25, -0.2) is 0 Å². The molecule has 0 heteroatoms. The minimum Gasteiger partial charge on any atom is -0.0683 e. The van der Waals surface area contributed by atoms with E-state index in [-0.39, 0.29) is 0 Å². The normalized spacial score (nSPS) is 14.6. The van der Waals surface area contributed by atoms with E-state index in [4.69, 9.17) is 0 Å². The largest absolute Gasteiger partial charge is 0.0683 e. The van der Waals surface area contributed by atoms with Gasteiger partial charge in [0.1, 0.15) is 0 Å². The fourth-order valence-electron chi connectivity index (χ4n) is 2.41. The molecule has 0 amide bonds. The Kier molecular flexibility index (Phi) is 26.6. The molecule has 0 bridgehead atoms. The van der Waals surface area contributed by atoms with Crippen LogP contribution in [-0.4, -0.2) is 0 Å². The zero-order valence-electron chi connectivity index (χ0n) is 16.4. The van der Waals surface area contributed by atoms with Gasteiger partial charge in [-0.2, -0.15) is 0 Å². The van der Waals surface area contributed by atoms with Crippen LogP contribution in [0.25, 0.3) is 0 Å². The van der Waals surface area contributed by atoms with E-state index in [0.29, 0.717) is 0 Å². The zero-order valence-corrected chi connectivity index (χ0v) is 16.4. The molecule has 0 saturated heterocycles. The maximum absolute atomic E-state index is 2.36. The van der Waals surface area contributed by atoms with Crippen LogP contribution in [0.1, 0.15) is 114 Å². The molecule has 0 aromatic rings. The van der Waals surface area contributed by atoms with Crippen molar-refractivity contribution in [3.05, 3.63) is 0 Å². The molecular formula is C20H46. The molecular weight excluding hydrogens is 240 g/mol. The second-order valence-electron chi connectivity index (χ2n) is 6.18. The first-order valence-corrected chi connectivity index (χ1v) is 9.57. The van der Waals surface area contributed by atoms with E-state index in [1.165, 1.54) is 51.4 Å². The molecule has 0 aromatic carbocycles. The number of unbranched alkanes of at least 4 members (excludes halogenated alkanes) is 1. The van der Waals surface area contributed by atoms with Gasteiger partial charge >= 0.3 is 0 Å². The highest BCUT2D eigenvalue weighted by Gasteiger charge is 2.15. The highest BCUT2D eigenvalue weighted by molar-refractivity contribution is 4.67. The maximum Gasteiger partial charge on any atom is -0.0391 e. The van der Waals surface area contributed by atoms with Gasteiger partial charge in [0.05, 0.1) is 0 Å². The van der Waals surface area contributed by atoms with Crippen molar-refractivity contribution in [2.75, 3.05) is 0 Å². The highest BCUT2D eigenvalue weighted by atomic mass is 14.2. The molecule has 1 saturated carbocycles. The molecule has 0 aliphatic heterocycles. The Hall–Kier alpha value is 0. The van der Waals surface area contributed by atoms with Crippen LogP contribution in [0.2, 0.25) is 0 Å². The maximum atomic E-state index is 2.36. The Bertz CT molecular complexity index is 129. The molecule has 0 heterocycles. The Morgan fingerprint density at radius 1 is 0.800 bits per heavy atom. The van der Waals surface area contributed by atoms with Crippen LogP contribution in [0, 0.1) is 17.8 Å². The smallest absolute Gasteiger partial charge is 0.0391 e. The fourth-order valence-corrected chi connectivity index (χ4v) is 2.41. The average Bonchev–Trinajstić information content (AvgIpc) is 2.50. The second kappa shape index (κ2) is 21.3. The van der Waals surface area contributed by atoms with Crippen molar-refractivity contribution in [3.8, 4) is 0 Å². The van der Waals surface area contributed by atoms with Gasteiger partial charge < -0.3 is 0 Å². The number of rotatable bonds is 4. The molecule has 1 aliphatic rings. The standard InChI is InChI=1S/C9H18.C7H16.2C2H6/c1-8(2)9-6-4-3-5-7-9;1-4-5-6-7(2)3;2*1-2/h8-9H,3-7H2,1-2H3;7H,4-6H2,1-3H3;2*1-2H3. The van der Waals surface area contributed by atoms with Crippen molar-refractivity contribution in [1.29, 1.82) is 0 Å². The molecule has 0 atom stereocenters. The third-order valence-electron chi connectivity index (χ3n) is 3.73. The van der Waals surface area contributed by atoms with Crippen molar-refractivity contribution in [1.82, 2.24) is 0 Å². The number of hydrogen-bond acceptors (Lipinski definition) is 0. The topological polar surface area (TPSA) is 0 Å². The van der Waals surface area contributed by atoms with Crippen LogP contribution in [0.4, 0.5) is 0 Å². The van der Waals surface area contributed by atoms with Crippen LogP contribution in [0.15, 0.2) is 0 Å². The van der Waals surface area contributed by atoms with Gasteiger partial charge in [0.25, 0.3) is 0 Å². The van der Waals surface area contributed by atoms with Crippen molar-refractivity contribution >= 4 is 0 Å². The monoisotopic (exact) mass is 286 g/mol. The summed E-state index contributed by atoms with van der Waals surface area (Å²) in [5.74, 6) is 2.89. The third-order valence-corrected chi connectivity index (χ3v) is 3.73. The molecule has 0 radical (unpaired) electrons. The Balaban J connectivity index is -0.000000236. The first kappa shape index (κ1) is 25.0. The third kappa shape index (κ3) is 20.3.